The maximum atomic E-state index is 12.4. The van der Waals surface area contributed by atoms with E-state index in [4.69, 9.17) is 4.74 Å². The number of nitrogens with zero attached hydrogens (tertiary/aromatic N) is 1. The standard InChI is InChI=1S/C19H24N2O4S/c1-15-9-11-17(12-10-15)25-14-16(2)20-19(22)13-21(3)26(23,24)18-7-5-4-6-8-18/h4-12,16H,13-14H2,1-3H3,(H,20,22)/t16-/m1/s1. The maximum Gasteiger partial charge on any atom is 0.243 e. The Labute approximate surface area is 154 Å². The Bertz CT molecular complexity index is 820. The average molecular weight is 376 g/mol. The van der Waals surface area contributed by atoms with Crippen molar-refractivity contribution in [3.05, 3.63) is 60.2 Å². The molecular weight excluding hydrogens is 352 g/mol. The van der Waals surface area contributed by atoms with Gasteiger partial charge in [-0.25, -0.2) is 8.42 Å². The van der Waals surface area contributed by atoms with E-state index >= 15 is 0 Å². The molecule has 7 heteroatoms. The molecule has 26 heavy (non-hydrogen) atoms. The van der Waals surface area contributed by atoms with Gasteiger partial charge in [-0.05, 0) is 38.1 Å². The summed E-state index contributed by atoms with van der Waals surface area (Å²) >= 11 is 0. The van der Waals surface area contributed by atoms with Crippen LogP contribution in [0.1, 0.15) is 12.5 Å². The van der Waals surface area contributed by atoms with Gasteiger partial charge in [0.25, 0.3) is 0 Å². The van der Waals surface area contributed by atoms with Gasteiger partial charge in [0.2, 0.25) is 15.9 Å². The number of aryl methyl sites for hydroxylation is 1. The van der Waals surface area contributed by atoms with Gasteiger partial charge in [-0.2, -0.15) is 4.31 Å². The lowest BCUT2D eigenvalue weighted by atomic mass is 10.2. The van der Waals surface area contributed by atoms with Crippen molar-refractivity contribution < 1.29 is 17.9 Å². The van der Waals surface area contributed by atoms with Crippen molar-refractivity contribution in [2.75, 3.05) is 20.2 Å². The second-order valence-electron chi connectivity index (χ2n) is 6.17. The Morgan fingerprint density at radius 1 is 1.12 bits per heavy atom. The molecule has 0 aliphatic carbocycles. The molecule has 1 atom stereocenters. The summed E-state index contributed by atoms with van der Waals surface area (Å²) in [6, 6.07) is 15.4. The van der Waals surface area contributed by atoms with Gasteiger partial charge in [0.05, 0.1) is 17.5 Å². The van der Waals surface area contributed by atoms with Crippen LogP contribution in [0.5, 0.6) is 5.75 Å². The molecule has 0 spiro atoms. The Balaban J connectivity index is 1.84. The molecule has 2 aromatic rings. The first-order valence-electron chi connectivity index (χ1n) is 8.29. The quantitative estimate of drug-likeness (QED) is 0.766. The van der Waals surface area contributed by atoms with Gasteiger partial charge in [-0.15, -0.1) is 0 Å². The number of likely N-dealkylation sites (N-methyl/N-ethyl adjacent to an activating group) is 1. The fourth-order valence-electron chi connectivity index (χ4n) is 2.28. The van der Waals surface area contributed by atoms with Crippen LogP contribution in [0, 0.1) is 6.92 Å². The lowest BCUT2D eigenvalue weighted by molar-refractivity contribution is -0.121. The molecule has 2 rings (SSSR count). The predicted octanol–water partition coefficient (Wildman–Crippen LogP) is 2.20. The Hall–Kier alpha value is -2.38. The predicted molar refractivity (Wildman–Crippen MR) is 101 cm³/mol. The van der Waals surface area contributed by atoms with Gasteiger partial charge >= 0.3 is 0 Å². The minimum atomic E-state index is -3.69. The number of ether oxygens (including phenoxy) is 1. The summed E-state index contributed by atoms with van der Waals surface area (Å²) in [6.45, 7) is 3.83. The first kappa shape index (κ1) is 19.9. The van der Waals surface area contributed by atoms with Gasteiger partial charge in [-0.3, -0.25) is 4.79 Å². The molecule has 0 saturated carbocycles. The summed E-state index contributed by atoms with van der Waals surface area (Å²) in [7, 11) is -2.30. The molecule has 0 unspecified atom stereocenters. The fourth-order valence-corrected chi connectivity index (χ4v) is 3.43. The van der Waals surface area contributed by atoms with Crippen molar-refractivity contribution in [1.29, 1.82) is 0 Å². The molecular formula is C19H24N2O4S. The number of carbonyl (C=O) groups excluding carboxylic acids is 1. The van der Waals surface area contributed by atoms with Crippen LogP contribution in [0.25, 0.3) is 0 Å². The number of amides is 1. The highest BCUT2D eigenvalue weighted by Gasteiger charge is 2.23. The van der Waals surface area contributed by atoms with E-state index in [-0.39, 0.29) is 23.4 Å². The van der Waals surface area contributed by atoms with E-state index in [0.717, 1.165) is 15.6 Å². The molecule has 1 N–H and O–H groups in total. The van der Waals surface area contributed by atoms with Crippen LogP contribution in [-0.4, -0.2) is 44.9 Å². The van der Waals surface area contributed by atoms with E-state index < -0.39 is 10.0 Å². The highest BCUT2D eigenvalue weighted by Crippen LogP contribution is 2.13. The SMILES string of the molecule is Cc1ccc(OC[C@@H](C)NC(=O)CN(C)S(=O)(=O)c2ccccc2)cc1. The van der Waals surface area contributed by atoms with Crippen LogP contribution in [-0.2, 0) is 14.8 Å². The van der Waals surface area contributed by atoms with E-state index in [2.05, 4.69) is 5.32 Å². The van der Waals surface area contributed by atoms with Crippen molar-refractivity contribution in [1.82, 2.24) is 9.62 Å². The monoisotopic (exact) mass is 376 g/mol. The third-order valence-electron chi connectivity index (χ3n) is 3.75. The Morgan fingerprint density at radius 3 is 2.35 bits per heavy atom. The molecule has 0 radical (unpaired) electrons. The lowest BCUT2D eigenvalue weighted by Gasteiger charge is -2.19. The maximum absolute atomic E-state index is 12.4. The van der Waals surface area contributed by atoms with Gasteiger partial charge < -0.3 is 10.1 Å². The zero-order chi connectivity index (χ0) is 19.2. The smallest absolute Gasteiger partial charge is 0.243 e. The van der Waals surface area contributed by atoms with E-state index in [1.54, 1.807) is 25.1 Å². The van der Waals surface area contributed by atoms with Crippen LogP contribution in [0.3, 0.4) is 0 Å². The minimum Gasteiger partial charge on any atom is -0.491 e. The zero-order valence-electron chi connectivity index (χ0n) is 15.2. The zero-order valence-corrected chi connectivity index (χ0v) is 16.0. The number of hydrogen-bond donors (Lipinski definition) is 1. The molecule has 0 heterocycles. The minimum absolute atomic E-state index is 0.158. The van der Waals surface area contributed by atoms with Gasteiger partial charge in [0.1, 0.15) is 12.4 Å². The first-order valence-corrected chi connectivity index (χ1v) is 9.73. The number of hydrogen-bond acceptors (Lipinski definition) is 4. The van der Waals surface area contributed by atoms with E-state index in [1.165, 1.54) is 19.2 Å². The summed E-state index contributed by atoms with van der Waals surface area (Å²) in [5.41, 5.74) is 1.14. The summed E-state index contributed by atoms with van der Waals surface area (Å²) in [5.74, 6) is 0.340. The van der Waals surface area contributed by atoms with Crippen LogP contribution < -0.4 is 10.1 Å². The number of benzene rings is 2. The first-order chi connectivity index (χ1) is 12.3. The number of sulfonamides is 1. The van der Waals surface area contributed by atoms with Crippen molar-refractivity contribution >= 4 is 15.9 Å². The molecule has 0 aliphatic rings. The Morgan fingerprint density at radius 2 is 1.73 bits per heavy atom. The van der Waals surface area contributed by atoms with E-state index in [0.29, 0.717) is 6.61 Å². The van der Waals surface area contributed by atoms with E-state index in [9.17, 15) is 13.2 Å². The van der Waals surface area contributed by atoms with Crippen LogP contribution >= 0.6 is 0 Å². The van der Waals surface area contributed by atoms with E-state index in [1.807, 2.05) is 31.2 Å². The number of nitrogens with one attached hydrogen (secondary N) is 1. The molecule has 2 aromatic carbocycles. The summed E-state index contributed by atoms with van der Waals surface area (Å²) in [5, 5.41) is 2.75. The molecule has 0 aromatic heterocycles. The van der Waals surface area contributed by atoms with Gasteiger partial charge in [0, 0.05) is 7.05 Å². The van der Waals surface area contributed by atoms with Crippen LogP contribution in [0.15, 0.2) is 59.5 Å². The number of rotatable bonds is 8. The fraction of sp³-hybridized carbons (Fsp3) is 0.316. The van der Waals surface area contributed by atoms with Crippen molar-refractivity contribution in [2.24, 2.45) is 0 Å². The Kier molecular flexibility index (Phi) is 6.76. The normalized spacial score (nSPS) is 12.6. The summed E-state index contributed by atoms with van der Waals surface area (Å²) < 4.78 is 31.5. The third kappa shape index (κ3) is 5.57. The van der Waals surface area contributed by atoms with Crippen LogP contribution in [0.4, 0.5) is 0 Å². The second kappa shape index (κ2) is 8.82. The largest absolute Gasteiger partial charge is 0.491 e. The number of carbonyl (C=O) groups is 1. The third-order valence-corrected chi connectivity index (χ3v) is 5.56. The summed E-state index contributed by atoms with van der Waals surface area (Å²) in [4.78, 5) is 12.3. The average Bonchev–Trinajstić information content (AvgIpc) is 2.61. The highest BCUT2D eigenvalue weighted by molar-refractivity contribution is 7.89. The lowest BCUT2D eigenvalue weighted by Crippen LogP contribution is -2.43. The molecule has 1 amide bonds. The van der Waals surface area contributed by atoms with Crippen LogP contribution in [0.2, 0.25) is 0 Å². The molecule has 6 nitrogen and oxygen atoms in total. The van der Waals surface area contributed by atoms with Crippen molar-refractivity contribution in [3.63, 3.8) is 0 Å². The molecule has 140 valence electrons. The van der Waals surface area contributed by atoms with Gasteiger partial charge in [-0.1, -0.05) is 35.9 Å². The molecule has 0 aliphatic heterocycles. The molecule has 0 bridgehead atoms. The highest BCUT2D eigenvalue weighted by atomic mass is 32.2. The van der Waals surface area contributed by atoms with Crippen molar-refractivity contribution in [2.45, 2.75) is 24.8 Å². The van der Waals surface area contributed by atoms with Gasteiger partial charge in [0.15, 0.2) is 0 Å². The second-order valence-corrected chi connectivity index (χ2v) is 8.21. The molecule has 0 fully saturated rings. The van der Waals surface area contributed by atoms with Crippen molar-refractivity contribution in [3.8, 4) is 5.75 Å². The molecule has 0 saturated heterocycles. The summed E-state index contributed by atoms with van der Waals surface area (Å²) in [6.07, 6.45) is 0. The topological polar surface area (TPSA) is 75.7 Å².